The van der Waals surface area contributed by atoms with E-state index >= 15 is 0 Å². The minimum atomic E-state index is -0.701. The summed E-state index contributed by atoms with van der Waals surface area (Å²) < 4.78 is 27.0. The average molecular weight is 375 g/mol. The molecule has 2 aromatic carbocycles. The molecule has 1 N–H and O–H groups in total. The van der Waals surface area contributed by atoms with E-state index < -0.39 is 6.10 Å². The molecule has 0 aliphatic rings. The second kappa shape index (κ2) is 9.56. The molecule has 2 rings (SSSR count). The number of carbonyl (C=O) groups excluding carboxylic acids is 1. The quantitative estimate of drug-likeness (QED) is 0.726. The zero-order valence-corrected chi connectivity index (χ0v) is 16.2. The van der Waals surface area contributed by atoms with E-state index in [1.807, 2.05) is 18.2 Å². The fourth-order valence-electron chi connectivity index (χ4n) is 2.59. The van der Waals surface area contributed by atoms with Crippen molar-refractivity contribution < 1.29 is 28.5 Å². The predicted octanol–water partition coefficient (Wildman–Crippen LogP) is 2.80. The average Bonchev–Trinajstić information content (AvgIpc) is 2.71. The number of carbonyl (C=O) groups is 1. The van der Waals surface area contributed by atoms with Gasteiger partial charge < -0.3 is 29.0 Å². The van der Waals surface area contributed by atoms with Gasteiger partial charge in [-0.3, -0.25) is 4.79 Å². The molecule has 27 heavy (non-hydrogen) atoms. The fourth-order valence-corrected chi connectivity index (χ4v) is 2.59. The van der Waals surface area contributed by atoms with Gasteiger partial charge in [-0.1, -0.05) is 12.1 Å². The summed E-state index contributed by atoms with van der Waals surface area (Å²) in [5.74, 6) is 2.35. The zero-order valence-electron chi connectivity index (χ0n) is 16.2. The number of methoxy groups -OCH3 is 4. The number of para-hydroxylation sites is 2. The van der Waals surface area contributed by atoms with Crippen molar-refractivity contribution >= 4 is 5.91 Å². The molecular formula is C20H25NO6. The minimum absolute atomic E-state index is 0.252. The normalized spacial score (nSPS) is 11.3. The molecule has 0 bridgehead atoms. The van der Waals surface area contributed by atoms with Crippen LogP contribution in [0.3, 0.4) is 0 Å². The summed E-state index contributed by atoms with van der Waals surface area (Å²) in [6, 6.07) is 10.7. The van der Waals surface area contributed by atoms with E-state index in [-0.39, 0.29) is 12.5 Å². The van der Waals surface area contributed by atoms with Gasteiger partial charge in [0, 0.05) is 12.1 Å². The third-order valence-electron chi connectivity index (χ3n) is 3.98. The number of benzene rings is 2. The van der Waals surface area contributed by atoms with Gasteiger partial charge in [-0.15, -0.1) is 0 Å². The van der Waals surface area contributed by atoms with Crippen LogP contribution >= 0.6 is 0 Å². The van der Waals surface area contributed by atoms with E-state index in [0.29, 0.717) is 28.7 Å². The van der Waals surface area contributed by atoms with Crippen molar-refractivity contribution in [3.8, 4) is 28.7 Å². The maximum absolute atomic E-state index is 12.4. The monoisotopic (exact) mass is 375 g/mol. The Morgan fingerprint density at radius 3 is 2.07 bits per heavy atom. The first kappa shape index (κ1) is 20.2. The Labute approximate surface area is 159 Å². The molecular weight excluding hydrogens is 350 g/mol. The number of nitrogens with one attached hydrogen (secondary N) is 1. The summed E-state index contributed by atoms with van der Waals surface area (Å²) in [7, 11) is 6.17. The van der Waals surface area contributed by atoms with Crippen molar-refractivity contribution in [1.29, 1.82) is 0 Å². The third-order valence-corrected chi connectivity index (χ3v) is 3.98. The highest BCUT2D eigenvalue weighted by atomic mass is 16.5. The molecule has 0 saturated heterocycles. The molecule has 0 aliphatic carbocycles. The van der Waals surface area contributed by atoms with E-state index in [4.69, 9.17) is 23.7 Å². The zero-order chi connectivity index (χ0) is 19.8. The van der Waals surface area contributed by atoms with Crippen molar-refractivity contribution in [1.82, 2.24) is 5.32 Å². The highest BCUT2D eigenvalue weighted by Gasteiger charge is 2.19. The van der Waals surface area contributed by atoms with E-state index in [1.54, 1.807) is 39.3 Å². The molecule has 1 unspecified atom stereocenters. The lowest BCUT2D eigenvalue weighted by atomic mass is 10.1. The summed E-state index contributed by atoms with van der Waals surface area (Å²) in [5, 5.41) is 2.84. The minimum Gasteiger partial charge on any atom is -0.493 e. The maximum Gasteiger partial charge on any atom is 0.261 e. The van der Waals surface area contributed by atoms with Gasteiger partial charge in [0.05, 0.1) is 28.4 Å². The molecule has 0 heterocycles. The number of ether oxygens (including phenoxy) is 5. The van der Waals surface area contributed by atoms with Crippen LogP contribution in [0.25, 0.3) is 0 Å². The van der Waals surface area contributed by atoms with Gasteiger partial charge in [-0.05, 0) is 31.2 Å². The first-order chi connectivity index (χ1) is 13.0. The van der Waals surface area contributed by atoms with Crippen molar-refractivity contribution in [2.75, 3.05) is 28.4 Å². The molecule has 0 saturated carbocycles. The van der Waals surface area contributed by atoms with E-state index in [1.165, 1.54) is 14.2 Å². The van der Waals surface area contributed by atoms with Crippen LogP contribution in [-0.4, -0.2) is 40.5 Å². The summed E-state index contributed by atoms with van der Waals surface area (Å²) in [6.45, 7) is 1.93. The topological polar surface area (TPSA) is 75.3 Å². The Morgan fingerprint density at radius 1 is 0.852 bits per heavy atom. The molecule has 1 atom stereocenters. The number of hydrogen-bond acceptors (Lipinski definition) is 6. The molecule has 0 fully saturated rings. The fraction of sp³-hybridized carbons (Fsp3) is 0.350. The van der Waals surface area contributed by atoms with Crippen molar-refractivity contribution in [3.63, 3.8) is 0 Å². The number of rotatable bonds is 9. The molecule has 7 heteroatoms. The molecule has 0 spiro atoms. The van der Waals surface area contributed by atoms with E-state index in [9.17, 15) is 4.79 Å². The number of amides is 1. The highest BCUT2D eigenvalue weighted by Crippen LogP contribution is 2.39. The van der Waals surface area contributed by atoms with Crippen LogP contribution < -0.4 is 29.0 Å². The van der Waals surface area contributed by atoms with E-state index in [0.717, 1.165) is 5.56 Å². The van der Waals surface area contributed by atoms with Crippen LogP contribution in [0.15, 0.2) is 36.4 Å². The first-order valence-electron chi connectivity index (χ1n) is 8.40. The lowest BCUT2D eigenvalue weighted by Crippen LogP contribution is -2.36. The molecule has 7 nitrogen and oxygen atoms in total. The van der Waals surface area contributed by atoms with E-state index in [2.05, 4.69) is 5.32 Å². The Kier molecular flexibility index (Phi) is 7.16. The summed E-state index contributed by atoms with van der Waals surface area (Å²) in [4.78, 5) is 12.4. The number of hydrogen-bond donors (Lipinski definition) is 1. The molecule has 0 aliphatic heterocycles. The van der Waals surface area contributed by atoms with Crippen molar-refractivity contribution in [3.05, 3.63) is 42.0 Å². The van der Waals surface area contributed by atoms with Crippen molar-refractivity contribution in [2.24, 2.45) is 0 Å². The first-order valence-corrected chi connectivity index (χ1v) is 8.40. The summed E-state index contributed by atoms with van der Waals surface area (Å²) in [6.07, 6.45) is -0.701. The van der Waals surface area contributed by atoms with Gasteiger partial charge in [-0.25, -0.2) is 0 Å². The third kappa shape index (κ3) is 4.75. The lowest BCUT2D eigenvalue weighted by molar-refractivity contribution is -0.127. The van der Waals surface area contributed by atoms with Gasteiger partial charge in [0.2, 0.25) is 5.75 Å². The highest BCUT2D eigenvalue weighted by molar-refractivity contribution is 5.81. The Balaban J connectivity index is 2.06. The van der Waals surface area contributed by atoms with Gasteiger partial charge in [0.15, 0.2) is 29.1 Å². The van der Waals surface area contributed by atoms with Crippen LogP contribution in [0.5, 0.6) is 28.7 Å². The Bertz CT molecular complexity index is 777. The second-order valence-corrected chi connectivity index (χ2v) is 5.62. The van der Waals surface area contributed by atoms with Gasteiger partial charge in [-0.2, -0.15) is 0 Å². The van der Waals surface area contributed by atoms with Gasteiger partial charge in [0.25, 0.3) is 5.91 Å². The van der Waals surface area contributed by atoms with Crippen LogP contribution in [0.2, 0.25) is 0 Å². The van der Waals surface area contributed by atoms with Crippen LogP contribution in [-0.2, 0) is 11.3 Å². The smallest absolute Gasteiger partial charge is 0.261 e. The molecule has 0 radical (unpaired) electrons. The van der Waals surface area contributed by atoms with Crippen LogP contribution in [0.4, 0.5) is 0 Å². The Morgan fingerprint density at radius 2 is 1.48 bits per heavy atom. The molecule has 146 valence electrons. The maximum atomic E-state index is 12.4. The summed E-state index contributed by atoms with van der Waals surface area (Å²) in [5.41, 5.74) is 0.757. The molecule has 0 aromatic heterocycles. The molecule has 2 aromatic rings. The SMILES string of the molecule is COc1ccccc1OC(C)C(=O)NCc1ccc(OC)c(OC)c1OC. The second-order valence-electron chi connectivity index (χ2n) is 5.62. The Hall–Kier alpha value is -3.09. The van der Waals surface area contributed by atoms with Gasteiger partial charge >= 0.3 is 0 Å². The van der Waals surface area contributed by atoms with Crippen LogP contribution in [0, 0.1) is 0 Å². The molecule has 1 amide bonds. The lowest BCUT2D eigenvalue weighted by Gasteiger charge is -2.18. The summed E-state index contributed by atoms with van der Waals surface area (Å²) >= 11 is 0. The van der Waals surface area contributed by atoms with Crippen LogP contribution in [0.1, 0.15) is 12.5 Å². The van der Waals surface area contributed by atoms with Gasteiger partial charge in [0.1, 0.15) is 0 Å². The van der Waals surface area contributed by atoms with Crippen molar-refractivity contribution in [2.45, 2.75) is 19.6 Å². The predicted molar refractivity (Wildman–Crippen MR) is 101 cm³/mol. The standard InChI is InChI=1S/C20H25NO6/c1-13(27-16-9-7-6-8-15(16)23-2)20(22)21-12-14-10-11-17(24-3)19(26-5)18(14)25-4/h6-11,13H,12H2,1-5H3,(H,21,22). The largest absolute Gasteiger partial charge is 0.493 e.